The van der Waals surface area contributed by atoms with Crippen LogP contribution in [0, 0.1) is 0 Å². The van der Waals surface area contributed by atoms with Crippen molar-refractivity contribution >= 4 is 56.0 Å². The summed E-state index contributed by atoms with van der Waals surface area (Å²) in [6, 6.07) is 13.6. The Balaban J connectivity index is 1.35. The van der Waals surface area contributed by atoms with Crippen molar-refractivity contribution in [3.8, 4) is 11.4 Å². The molecule has 2 N–H and O–H groups in total. The summed E-state index contributed by atoms with van der Waals surface area (Å²) in [4.78, 5) is 37.8. The van der Waals surface area contributed by atoms with Gasteiger partial charge >= 0.3 is 5.97 Å². The Morgan fingerprint density at radius 1 is 1.08 bits per heavy atom. The molecule has 0 unspecified atom stereocenters. The van der Waals surface area contributed by atoms with Gasteiger partial charge in [-0.3, -0.25) is 5.10 Å². The van der Waals surface area contributed by atoms with Crippen LogP contribution in [-0.2, 0) is 11.3 Å². The van der Waals surface area contributed by atoms with Gasteiger partial charge in [0.1, 0.15) is 5.82 Å². The number of benzene rings is 1. The van der Waals surface area contributed by atoms with Gasteiger partial charge in [-0.1, -0.05) is 18.2 Å². The summed E-state index contributed by atoms with van der Waals surface area (Å²) < 4.78 is 5.92. The van der Waals surface area contributed by atoms with Gasteiger partial charge in [-0.05, 0) is 31.2 Å². The lowest BCUT2D eigenvalue weighted by Gasteiger charge is -2.15. The number of anilines is 3. The second kappa shape index (κ2) is 10.4. The highest BCUT2D eigenvalue weighted by Gasteiger charge is 2.17. The average Bonchev–Trinajstić information content (AvgIpc) is 3.60. The molecule has 0 aliphatic carbocycles. The second-order valence-corrected chi connectivity index (χ2v) is 9.78. The van der Waals surface area contributed by atoms with E-state index < -0.39 is 5.97 Å². The first kappa shape index (κ1) is 24.4. The Bertz CT molecular complexity index is 1770. The van der Waals surface area contributed by atoms with Gasteiger partial charge in [-0.25, -0.2) is 29.7 Å². The number of nitrogens with one attached hydrogen (secondary N) is 2. The van der Waals surface area contributed by atoms with Crippen molar-refractivity contribution in [1.29, 1.82) is 0 Å². The molecule has 1 aromatic carbocycles. The molecule has 194 valence electrons. The number of aromatic amines is 1. The van der Waals surface area contributed by atoms with E-state index in [1.165, 1.54) is 12.4 Å². The van der Waals surface area contributed by atoms with Gasteiger partial charge in [-0.15, -0.1) is 11.3 Å². The second-order valence-electron chi connectivity index (χ2n) is 8.65. The Kier molecular flexibility index (Phi) is 6.51. The monoisotopic (exact) mass is 537 g/mol. The fraction of sp³-hybridized carbons (Fsp3) is 0.148. The van der Waals surface area contributed by atoms with E-state index in [9.17, 15) is 4.79 Å². The van der Waals surface area contributed by atoms with Gasteiger partial charge in [0.05, 0.1) is 40.6 Å². The maximum atomic E-state index is 11.9. The largest absolute Gasteiger partial charge is 0.462 e. The number of ether oxygens (including phenoxy) is 1. The lowest BCUT2D eigenvalue weighted by atomic mass is 10.1. The quantitative estimate of drug-likeness (QED) is 0.256. The lowest BCUT2D eigenvalue weighted by Crippen LogP contribution is -2.19. The van der Waals surface area contributed by atoms with Crippen molar-refractivity contribution < 1.29 is 9.53 Å². The number of carbonyl (C=O) groups is 1. The van der Waals surface area contributed by atoms with Crippen molar-refractivity contribution in [3.05, 3.63) is 77.7 Å². The van der Waals surface area contributed by atoms with E-state index in [1.54, 1.807) is 30.7 Å². The first-order chi connectivity index (χ1) is 19.1. The molecule has 11 nitrogen and oxygen atoms in total. The maximum Gasteiger partial charge on any atom is 0.341 e. The molecule has 0 bridgehead atoms. The third kappa shape index (κ3) is 4.97. The third-order valence-corrected chi connectivity index (χ3v) is 7.06. The smallest absolute Gasteiger partial charge is 0.341 e. The van der Waals surface area contributed by atoms with Crippen LogP contribution in [-0.4, -0.2) is 54.7 Å². The van der Waals surface area contributed by atoms with Crippen LogP contribution >= 0.6 is 11.3 Å². The van der Waals surface area contributed by atoms with Crippen LogP contribution in [0.1, 0.15) is 22.2 Å². The number of aromatic nitrogens is 7. The number of hydrogen-bond donors (Lipinski definition) is 2. The minimum Gasteiger partial charge on any atom is -0.462 e. The summed E-state index contributed by atoms with van der Waals surface area (Å²) in [5.41, 5.74) is 2.92. The molecule has 0 spiro atoms. The van der Waals surface area contributed by atoms with Crippen LogP contribution in [0.2, 0.25) is 0 Å². The van der Waals surface area contributed by atoms with E-state index in [0.717, 1.165) is 31.6 Å². The highest BCUT2D eigenvalue weighted by molar-refractivity contribution is 7.19. The maximum absolute atomic E-state index is 11.9. The average molecular weight is 538 g/mol. The standard InChI is InChI=1S/C27H23N9O2S/c1-3-38-26(37)16-12-29-27(30-13-16)36(2)15-17-11-21-23(39-17)25(33-22-9-4-5-10-28-22)34-24(32-21)18-7-6-8-20-19(18)14-31-35-20/h4-14H,3,15H2,1-2H3,(H,31,35)(H,28,32,33,34). The number of rotatable bonds is 8. The molecular formula is C27H23N9O2S. The molecular weight excluding hydrogens is 514 g/mol. The fourth-order valence-electron chi connectivity index (χ4n) is 4.13. The molecule has 0 aliphatic rings. The number of pyridine rings is 1. The normalized spacial score (nSPS) is 11.1. The number of nitrogens with zero attached hydrogens (tertiary/aromatic N) is 7. The lowest BCUT2D eigenvalue weighted by molar-refractivity contribution is 0.0525. The van der Waals surface area contributed by atoms with Crippen molar-refractivity contribution in [2.24, 2.45) is 0 Å². The van der Waals surface area contributed by atoms with Crippen LogP contribution in [0.5, 0.6) is 0 Å². The molecule has 6 aromatic rings. The number of H-pyrrole nitrogens is 1. The number of esters is 1. The number of fused-ring (bicyclic) bond motifs is 2. The minimum absolute atomic E-state index is 0.297. The van der Waals surface area contributed by atoms with Crippen molar-refractivity contribution in [3.63, 3.8) is 0 Å². The zero-order valence-electron chi connectivity index (χ0n) is 21.1. The Hall–Kier alpha value is -4.97. The molecule has 0 aliphatic heterocycles. The first-order valence-corrected chi connectivity index (χ1v) is 13.0. The van der Waals surface area contributed by atoms with Gasteiger partial charge in [-0.2, -0.15) is 5.10 Å². The van der Waals surface area contributed by atoms with Gasteiger partial charge in [0.2, 0.25) is 5.95 Å². The minimum atomic E-state index is -0.440. The SMILES string of the molecule is CCOC(=O)c1cnc(N(C)Cc2cc3nc(-c4cccc5[nH]ncc45)nc(Nc4ccccn4)c3s2)nc1. The van der Waals surface area contributed by atoms with Crippen molar-refractivity contribution in [2.75, 3.05) is 23.9 Å². The molecule has 0 fully saturated rings. The van der Waals surface area contributed by atoms with E-state index >= 15 is 0 Å². The molecule has 0 radical (unpaired) electrons. The van der Waals surface area contributed by atoms with E-state index in [2.05, 4.69) is 30.5 Å². The van der Waals surface area contributed by atoms with Crippen LogP contribution < -0.4 is 10.2 Å². The Morgan fingerprint density at radius 2 is 1.95 bits per heavy atom. The van der Waals surface area contributed by atoms with Gasteiger partial charge in [0.25, 0.3) is 0 Å². The van der Waals surface area contributed by atoms with E-state index in [-0.39, 0.29) is 0 Å². The summed E-state index contributed by atoms with van der Waals surface area (Å²) >= 11 is 1.58. The summed E-state index contributed by atoms with van der Waals surface area (Å²) in [7, 11) is 1.90. The molecule has 12 heteroatoms. The summed E-state index contributed by atoms with van der Waals surface area (Å²) in [5, 5.41) is 11.5. The predicted octanol–water partition coefficient (Wildman–Crippen LogP) is 4.98. The van der Waals surface area contributed by atoms with Crippen LogP contribution in [0.3, 0.4) is 0 Å². The molecule has 5 heterocycles. The highest BCUT2D eigenvalue weighted by atomic mass is 32.1. The molecule has 0 amide bonds. The van der Waals surface area contributed by atoms with Gasteiger partial charge < -0.3 is 15.0 Å². The number of thiophene rings is 1. The highest BCUT2D eigenvalue weighted by Crippen LogP contribution is 2.35. The van der Waals surface area contributed by atoms with Gasteiger partial charge in [0, 0.05) is 41.5 Å². The van der Waals surface area contributed by atoms with Gasteiger partial charge in [0.15, 0.2) is 11.6 Å². The van der Waals surface area contributed by atoms with Crippen molar-refractivity contribution in [1.82, 2.24) is 35.1 Å². The van der Waals surface area contributed by atoms with Crippen LogP contribution in [0.15, 0.2) is 67.3 Å². The summed E-state index contributed by atoms with van der Waals surface area (Å²) in [6.45, 7) is 2.59. The number of carbonyl (C=O) groups excluding carboxylic acids is 1. The topological polar surface area (TPSA) is 135 Å². The molecule has 39 heavy (non-hydrogen) atoms. The number of hydrogen-bond acceptors (Lipinski definition) is 11. The fourth-order valence-corrected chi connectivity index (χ4v) is 5.22. The summed E-state index contributed by atoms with van der Waals surface area (Å²) in [5.74, 6) is 1.99. The zero-order valence-corrected chi connectivity index (χ0v) is 21.9. The first-order valence-electron chi connectivity index (χ1n) is 12.2. The molecule has 6 rings (SSSR count). The summed E-state index contributed by atoms with van der Waals surface area (Å²) in [6.07, 6.45) is 6.47. The Labute approximate surface area is 227 Å². The third-order valence-electron chi connectivity index (χ3n) is 5.94. The molecule has 5 aromatic heterocycles. The Morgan fingerprint density at radius 3 is 2.74 bits per heavy atom. The van der Waals surface area contributed by atoms with Crippen LogP contribution in [0.25, 0.3) is 32.5 Å². The molecule has 0 saturated heterocycles. The predicted molar refractivity (Wildman–Crippen MR) is 150 cm³/mol. The van der Waals surface area contributed by atoms with E-state index in [4.69, 9.17) is 14.7 Å². The molecule has 0 atom stereocenters. The van der Waals surface area contributed by atoms with Crippen molar-refractivity contribution in [2.45, 2.75) is 13.5 Å². The van der Waals surface area contributed by atoms with E-state index in [1.807, 2.05) is 54.4 Å². The molecule has 0 saturated carbocycles. The zero-order chi connectivity index (χ0) is 26.8. The van der Waals surface area contributed by atoms with E-state index in [0.29, 0.717) is 42.1 Å². The van der Waals surface area contributed by atoms with Crippen LogP contribution in [0.4, 0.5) is 17.6 Å².